The summed E-state index contributed by atoms with van der Waals surface area (Å²) in [6.07, 6.45) is 0. The Morgan fingerprint density at radius 2 is 1.87 bits per heavy atom. The minimum Gasteiger partial charge on any atom is -0.493 e. The van der Waals surface area contributed by atoms with Crippen LogP contribution in [-0.2, 0) is 11.3 Å². The number of benzene rings is 1. The number of aromatic amines is 1. The fourth-order valence-corrected chi connectivity index (χ4v) is 3.34. The van der Waals surface area contributed by atoms with Gasteiger partial charge in [-0.05, 0) is 58.0 Å². The molecule has 9 heteroatoms. The number of Topliss-reactive ketones (excluding diaryl/α,β-unsaturated/α-hetero) is 1. The van der Waals surface area contributed by atoms with Crippen molar-refractivity contribution in [3.8, 4) is 11.5 Å². The molecule has 0 saturated carbocycles. The summed E-state index contributed by atoms with van der Waals surface area (Å²) in [6, 6.07) is 4.12. The van der Waals surface area contributed by atoms with Gasteiger partial charge in [0.05, 0.1) is 31.0 Å². The van der Waals surface area contributed by atoms with E-state index in [1.807, 2.05) is 4.90 Å². The molecule has 2 aromatic rings. The number of nitrogens with one attached hydrogen (secondary N) is 1. The van der Waals surface area contributed by atoms with Gasteiger partial charge in [0.2, 0.25) is 0 Å². The Kier molecular flexibility index (Phi) is 8.15. The number of hydrogen-bond acceptors (Lipinski definition) is 6. The molecule has 1 aromatic heterocycles. The lowest BCUT2D eigenvalue weighted by molar-refractivity contribution is -0.0512. The third kappa shape index (κ3) is 5.61. The molecule has 0 fully saturated rings. The Hall–Kier alpha value is -2.94. The number of carbonyl (C=O) groups is 2. The number of rotatable bonds is 10. The molecular formula is C22H28F2N2O5. The van der Waals surface area contributed by atoms with E-state index in [2.05, 4.69) is 9.72 Å². The number of aryl methyl sites for hydroxylation is 1. The number of halogens is 2. The standard InChI is InChI=1S/C22H28F2N2O5/c1-7-30-21(28)18-12(2)19(25-13(18)3)20(27)14(4)26(5)11-15-8-9-16(31-22(23)24)17(10-15)29-6/h8-10,14,22,25H,7,11H2,1-6H3. The number of ketones is 1. The molecule has 0 aliphatic rings. The Morgan fingerprint density at radius 1 is 1.19 bits per heavy atom. The van der Waals surface area contributed by atoms with Crippen molar-refractivity contribution < 1.29 is 32.6 Å². The summed E-state index contributed by atoms with van der Waals surface area (Å²) in [7, 11) is 3.14. The van der Waals surface area contributed by atoms with Gasteiger partial charge in [-0.2, -0.15) is 8.78 Å². The molecule has 170 valence electrons. The molecule has 1 unspecified atom stereocenters. The van der Waals surface area contributed by atoms with Crippen LogP contribution in [0.4, 0.5) is 8.78 Å². The van der Waals surface area contributed by atoms with E-state index in [1.165, 1.54) is 13.2 Å². The smallest absolute Gasteiger partial charge is 0.387 e. The van der Waals surface area contributed by atoms with Gasteiger partial charge in [0, 0.05) is 12.2 Å². The van der Waals surface area contributed by atoms with Crippen LogP contribution in [0.2, 0.25) is 0 Å². The molecule has 31 heavy (non-hydrogen) atoms. The first-order chi connectivity index (χ1) is 14.6. The summed E-state index contributed by atoms with van der Waals surface area (Å²) in [5.41, 5.74) is 2.62. The van der Waals surface area contributed by atoms with Gasteiger partial charge in [-0.1, -0.05) is 6.07 Å². The van der Waals surface area contributed by atoms with Gasteiger partial charge in [-0.3, -0.25) is 9.69 Å². The molecular weight excluding hydrogens is 410 g/mol. The first kappa shape index (κ1) is 24.3. The lowest BCUT2D eigenvalue weighted by atomic mass is 10.0. The van der Waals surface area contributed by atoms with Gasteiger partial charge >= 0.3 is 12.6 Å². The number of aromatic nitrogens is 1. The lowest BCUT2D eigenvalue weighted by Crippen LogP contribution is -2.36. The molecule has 2 rings (SSSR count). The van der Waals surface area contributed by atoms with Gasteiger partial charge in [-0.25, -0.2) is 4.79 Å². The van der Waals surface area contributed by atoms with Crippen molar-refractivity contribution in [1.82, 2.24) is 9.88 Å². The van der Waals surface area contributed by atoms with E-state index in [0.717, 1.165) is 5.56 Å². The van der Waals surface area contributed by atoms with Gasteiger partial charge in [0.15, 0.2) is 17.3 Å². The quantitative estimate of drug-likeness (QED) is 0.444. The minimum absolute atomic E-state index is 0.0583. The third-order valence-electron chi connectivity index (χ3n) is 5.08. The molecule has 7 nitrogen and oxygen atoms in total. The molecule has 1 heterocycles. The number of nitrogens with zero attached hydrogens (tertiary/aromatic N) is 1. The second-order valence-corrected chi connectivity index (χ2v) is 7.16. The normalized spacial score (nSPS) is 12.2. The van der Waals surface area contributed by atoms with Crippen LogP contribution >= 0.6 is 0 Å². The van der Waals surface area contributed by atoms with E-state index in [1.54, 1.807) is 46.9 Å². The number of H-pyrrole nitrogens is 1. The molecule has 1 N–H and O–H groups in total. The van der Waals surface area contributed by atoms with Crippen LogP contribution in [0.1, 0.15) is 51.5 Å². The fraction of sp³-hybridized carbons (Fsp3) is 0.455. The van der Waals surface area contributed by atoms with Crippen LogP contribution in [0.5, 0.6) is 11.5 Å². The third-order valence-corrected chi connectivity index (χ3v) is 5.08. The number of alkyl halides is 2. The van der Waals surface area contributed by atoms with Crippen molar-refractivity contribution >= 4 is 11.8 Å². The predicted molar refractivity (Wildman–Crippen MR) is 111 cm³/mol. The predicted octanol–water partition coefficient (Wildman–Crippen LogP) is 4.12. The highest BCUT2D eigenvalue weighted by Gasteiger charge is 2.27. The Balaban J connectivity index is 2.18. The molecule has 1 aromatic carbocycles. The van der Waals surface area contributed by atoms with Crippen LogP contribution in [0, 0.1) is 13.8 Å². The lowest BCUT2D eigenvalue weighted by Gasteiger charge is -2.24. The number of carbonyl (C=O) groups excluding carboxylic acids is 2. The molecule has 0 spiro atoms. The van der Waals surface area contributed by atoms with Crippen molar-refractivity contribution in [3.05, 3.63) is 46.3 Å². The fourth-order valence-electron chi connectivity index (χ4n) is 3.34. The van der Waals surface area contributed by atoms with Gasteiger partial charge in [0.25, 0.3) is 0 Å². The summed E-state index contributed by atoms with van der Waals surface area (Å²) in [5.74, 6) is -0.521. The average Bonchev–Trinajstić information content (AvgIpc) is 3.01. The SMILES string of the molecule is CCOC(=O)c1c(C)[nH]c(C(=O)C(C)N(C)Cc2ccc(OC(F)F)c(OC)c2)c1C. The van der Waals surface area contributed by atoms with E-state index in [0.29, 0.717) is 29.1 Å². The van der Waals surface area contributed by atoms with Gasteiger partial charge < -0.3 is 19.2 Å². The molecule has 0 aliphatic heterocycles. The summed E-state index contributed by atoms with van der Waals surface area (Å²) in [5, 5.41) is 0. The maximum Gasteiger partial charge on any atom is 0.387 e. The van der Waals surface area contributed by atoms with Crippen LogP contribution < -0.4 is 9.47 Å². The molecule has 0 saturated heterocycles. The van der Waals surface area contributed by atoms with Crippen molar-refractivity contribution in [1.29, 1.82) is 0 Å². The van der Waals surface area contributed by atoms with Crippen molar-refractivity contribution in [2.24, 2.45) is 0 Å². The molecule has 0 aliphatic carbocycles. The molecule has 0 amide bonds. The van der Waals surface area contributed by atoms with Crippen LogP contribution in [0.15, 0.2) is 18.2 Å². The molecule has 1 atom stereocenters. The van der Waals surface area contributed by atoms with Crippen molar-refractivity contribution in [3.63, 3.8) is 0 Å². The second kappa shape index (κ2) is 10.4. The highest BCUT2D eigenvalue weighted by atomic mass is 19.3. The number of esters is 1. The topological polar surface area (TPSA) is 80.9 Å². The minimum atomic E-state index is -2.95. The Bertz CT molecular complexity index is 942. The maximum atomic E-state index is 13.1. The van der Waals surface area contributed by atoms with E-state index >= 15 is 0 Å². The first-order valence-corrected chi connectivity index (χ1v) is 9.83. The van der Waals surface area contributed by atoms with E-state index in [-0.39, 0.29) is 23.9 Å². The maximum absolute atomic E-state index is 13.1. The van der Waals surface area contributed by atoms with E-state index in [9.17, 15) is 18.4 Å². The Morgan fingerprint density at radius 3 is 2.45 bits per heavy atom. The summed E-state index contributed by atoms with van der Waals surface area (Å²) >= 11 is 0. The van der Waals surface area contributed by atoms with E-state index < -0.39 is 18.6 Å². The average molecular weight is 438 g/mol. The zero-order chi connectivity index (χ0) is 23.3. The van der Waals surface area contributed by atoms with Crippen molar-refractivity contribution in [2.45, 2.75) is 46.9 Å². The molecule has 0 radical (unpaired) electrons. The number of likely N-dealkylation sites (N-methyl/N-ethyl adjacent to an activating group) is 1. The first-order valence-electron chi connectivity index (χ1n) is 9.83. The highest BCUT2D eigenvalue weighted by molar-refractivity contribution is 6.03. The monoisotopic (exact) mass is 438 g/mol. The van der Waals surface area contributed by atoms with Gasteiger partial charge in [0.1, 0.15) is 0 Å². The van der Waals surface area contributed by atoms with Gasteiger partial charge in [-0.15, -0.1) is 0 Å². The largest absolute Gasteiger partial charge is 0.493 e. The zero-order valence-corrected chi connectivity index (χ0v) is 18.5. The molecule has 0 bridgehead atoms. The summed E-state index contributed by atoms with van der Waals surface area (Å²) < 4.78 is 39.6. The second-order valence-electron chi connectivity index (χ2n) is 7.16. The van der Waals surface area contributed by atoms with Crippen LogP contribution in [0.3, 0.4) is 0 Å². The van der Waals surface area contributed by atoms with E-state index in [4.69, 9.17) is 9.47 Å². The Labute approximate surface area is 180 Å². The number of methoxy groups -OCH3 is 1. The summed E-state index contributed by atoms with van der Waals surface area (Å²) in [4.78, 5) is 30.1. The van der Waals surface area contributed by atoms with Crippen LogP contribution in [0.25, 0.3) is 0 Å². The van der Waals surface area contributed by atoms with Crippen molar-refractivity contribution in [2.75, 3.05) is 20.8 Å². The zero-order valence-electron chi connectivity index (χ0n) is 18.5. The van der Waals surface area contributed by atoms with Crippen LogP contribution in [-0.4, -0.2) is 55.1 Å². The summed E-state index contributed by atoms with van der Waals surface area (Å²) in [6.45, 7) is 4.57. The number of hydrogen-bond donors (Lipinski definition) is 1. The highest BCUT2D eigenvalue weighted by Crippen LogP contribution is 2.30. The number of ether oxygens (including phenoxy) is 3.